The van der Waals surface area contributed by atoms with E-state index in [1.54, 1.807) is 0 Å². The van der Waals surface area contributed by atoms with E-state index < -0.39 is 0 Å². The predicted octanol–water partition coefficient (Wildman–Crippen LogP) is 5.63. The SMILES string of the molecule is Cc1ccc([S+](c2ccc(C)cc2)C2CCCCCCC2=O)cc1. The molecule has 2 aromatic rings. The number of carbonyl (C=O) groups is 1. The molecule has 0 N–H and O–H groups in total. The van der Waals surface area contributed by atoms with E-state index in [9.17, 15) is 4.79 Å². The van der Waals surface area contributed by atoms with E-state index in [1.165, 1.54) is 40.2 Å². The summed E-state index contributed by atoms with van der Waals surface area (Å²) in [6.45, 7) is 4.24. The fourth-order valence-corrected chi connectivity index (χ4v) is 5.96. The molecule has 1 atom stereocenters. The fraction of sp³-hybridized carbons (Fsp3) is 0.409. The van der Waals surface area contributed by atoms with E-state index in [0.29, 0.717) is 5.78 Å². The van der Waals surface area contributed by atoms with Crippen molar-refractivity contribution in [3.63, 3.8) is 0 Å². The highest BCUT2D eigenvalue weighted by atomic mass is 32.2. The number of hydrogen-bond acceptors (Lipinski definition) is 1. The van der Waals surface area contributed by atoms with Crippen LogP contribution in [0.1, 0.15) is 49.7 Å². The molecule has 0 aliphatic heterocycles. The Labute approximate surface area is 148 Å². The molecule has 0 radical (unpaired) electrons. The van der Waals surface area contributed by atoms with Crippen molar-refractivity contribution in [3.8, 4) is 0 Å². The maximum atomic E-state index is 12.9. The number of Topliss-reactive ketones (excluding diaryl/α,β-unsaturated/α-hetero) is 1. The van der Waals surface area contributed by atoms with Crippen molar-refractivity contribution >= 4 is 16.7 Å². The normalized spacial score (nSPS) is 19.1. The summed E-state index contributed by atoms with van der Waals surface area (Å²) in [6.07, 6.45) is 6.51. The second-order valence-corrected chi connectivity index (χ2v) is 9.06. The first-order valence-corrected chi connectivity index (χ1v) is 10.3. The first-order chi connectivity index (χ1) is 11.6. The van der Waals surface area contributed by atoms with Crippen molar-refractivity contribution < 1.29 is 4.79 Å². The van der Waals surface area contributed by atoms with Gasteiger partial charge in [-0.3, -0.25) is 4.79 Å². The second kappa shape index (κ2) is 8.02. The Morgan fingerprint density at radius 2 is 1.25 bits per heavy atom. The zero-order chi connectivity index (χ0) is 16.9. The highest BCUT2D eigenvalue weighted by Crippen LogP contribution is 2.33. The summed E-state index contributed by atoms with van der Waals surface area (Å²) in [6, 6.07) is 17.6. The van der Waals surface area contributed by atoms with Crippen molar-refractivity contribution in [3.05, 3.63) is 59.7 Å². The van der Waals surface area contributed by atoms with Crippen LogP contribution in [0.25, 0.3) is 0 Å². The number of hydrogen-bond donors (Lipinski definition) is 0. The Morgan fingerprint density at radius 3 is 1.79 bits per heavy atom. The number of carbonyl (C=O) groups excluding carboxylic acids is 1. The van der Waals surface area contributed by atoms with Gasteiger partial charge in [-0.2, -0.15) is 0 Å². The molecule has 2 heteroatoms. The van der Waals surface area contributed by atoms with Crippen molar-refractivity contribution in [2.45, 2.75) is 67.4 Å². The maximum absolute atomic E-state index is 12.9. The first kappa shape index (κ1) is 17.3. The molecule has 0 heterocycles. The van der Waals surface area contributed by atoms with Gasteiger partial charge in [-0.15, -0.1) is 0 Å². The lowest BCUT2D eigenvalue weighted by Crippen LogP contribution is -2.31. The predicted molar refractivity (Wildman–Crippen MR) is 103 cm³/mol. The standard InChI is InChI=1S/C22H27OS/c1-17-9-13-19(14-10-17)24(20-15-11-18(2)12-16-20)22-8-6-4-3-5-7-21(22)23/h9-16,22H,3-8H2,1-2H3/q+1. The Hall–Kier alpha value is -1.54. The smallest absolute Gasteiger partial charge is 0.186 e. The number of rotatable bonds is 3. The molecule has 3 rings (SSSR count). The summed E-state index contributed by atoms with van der Waals surface area (Å²) in [7, 11) is -0.153. The monoisotopic (exact) mass is 339 g/mol. The van der Waals surface area contributed by atoms with Crippen LogP contribution >= 0.6 is 0 Å². The molecule has 1 saturated carbocycles. The van der Waals surface area contributed by atoms with Gasteiger partial charge in [0.2, 0.25) is 0 Å². The Morgan fingerprint density at radius 1 is 0.750 bits per heavy atom. The molecular weight excluding hydrogens is 312 g/mol. The average Bonchev–Trinajstić information content (AvgIpc) is 2.57. The third-order valence-electron chi connectivity index (χ3n) is 4.83. The average molecular weight is 340 g/mol. The number of aryl methyl sites for hydroxylation is 2. The Bertz CT molecular complexity index is 627. The third kappa shape index (κ3) is 4.10. The van der Waals surface area contributed by atoms with Crippen molar-refractivity contribution in [1.82, 2.24) is 0 Å². The zero-order valence-electron chi connectivity index (χ0n) is 14.8. The van der Waals surface area contributed by atoms with E-state index >= 15 is 0 Å². The minimum absolute atomic E-state index is 0.149. The Balaban J connectivity index is 2.01. The van der Waals surface area contributed by atoms with E-state index in [2.05, 4.69) is 62.4 Å². The fourth-order valence-electron chi connectivity index (χ4n) is 3.39. The summed E-state index contributed by atoms with van der Waals surface area (Å²) in [5, 5.41) is 0.149. The summed E-state index contributed by atoms with van der Waals surface area (Å²) < 4.78 is 0. The van der Waals surface area contributed by atoms with Gasteiger partial charge < -0.3 is 0 Å². The van der Waals surface area contributed by atoms with Crippen LogP contribution in [0.5, 0.6) is 0 Å². The van der Waals surface area contributed by atoms with Gasteiger partial charge in [0.15, 0.2) is 20.8 Å². The molecule has 0 saturated heterocycles. The molecular formula is C22H27OS+. The topological polar surface area (TPSA) is 17.1 Å². The lowest BCUT2D eigenvalue weighted by molar-refractivity contribution is -0.119. The first-order valence-electron chi connectivity index (χ1n) is 9.04. The minimum atomic E-state index is -0.153. The summed E-state index contributed by atoms with van der Waals surface area (Å²) in [5.74, 6) is 0.471. The lowest BCUT2D eigenvalue weighted by atomic mass is 9.99. The molecule has 0 spiro atoms. The summed E-state index contributed by atoms with van der Waals surface area (Å²) in [5.41, 5.74) is 2.55. The molecule has 0 aromatic heterocycles. The highest BCUT2D eigenvalue weighted by Gasteiger charge is 2.40. The highest BCUT2D eigenvalue weighted by molar-refractivity contribution is 7.98. The van der Waals surface area contributed by atoms with Gasteiger partial charge in [0.25, 0.3) is 0 Å². The second-order valence-electron chi connectivity index (χ2n) is 6.87. The van der Waals surface area contributed by atoms with Crippen LogP contribution in [0.15, 0.2) is 58.3 Å². The van der Waals surface area contributed by atoms with Gasteiger partial charge in [0.1, 0.15) is 0 Å². The molecule has 0 amide bonds. The quantitative estimate of drug-likeness (QED) is 0.662. The van der Waals surface area contributed by atoms with Crippen molar-refractivity contribution in [1.29, 1.82) is 0 Å². The largest absolute Gasteiger partial charge is 0.294 e. The van der Waals surface area contributed by atoms with Crippen LogP contribution in [-0.4, -0.2) is 11.0 Å². The van der Waals surface area contributed by atoms with Gasteiger partial charge >= 0.3 is 0 Å². The molecule has 24 heavy (non-hydrogen) atoms. The maximum Gasteiger partial charge on any atom is 0.186 e. The van der Waals surface area contributed by atoms with Gasteiger partial charge in [0.05, 0.1) is 10.9 Å². The van der Waals surface area contributed by atoms with E-state index in [0.717, 1.165) is 19.3 Å². The van der Waals surface area contributed by atoms with Crippen molar-refractivity contribution in [2.75, 3.05) is 0 Å². The summed E-state index contributed by atoms with van der Waals surface area (Å²) >= 11 is 0. The molecule has 1 aliphatic carbocycles. The molecule has 1 unspecified atom stereocenters. The zero-order valence-corrected chi connectivity index (χ0v) is 15.6. The van der Waals surface area contributed by atoms with E-state index in [1.807, 2.05) is 0 Å². The number of benzene rings is 2. The van der Waals surface area contributed by atoms with Crippen LogP contribution < -0.4 is 0 Å². The van der Waals surface area contributed by atoms with Gasteiger partial charge in [0, 0.05) is 12.8 Å². The Kier molecular flexibility index (Phi) is 5.78. The van der Waals surface area contributed by atoms with Crippen molar-refractivity contribution in [2.24, 2.45) is 0 Å². The lowest BCUT2D eigenvalue weighted by Gasteiger charge is -2.20. The van der Waals surface area contributed by atoms with Crippen LogP contribution in [-0.2, 0) is 15.7 Å². The van der Waals surface area contributed by atoms with Crippen LogP contribution in [0.3, 0.4) is 0 Å². The molecule has 1 fully saturated rings. The van der Waals surface area contributed by atoms with Gasteiger partial charge in [-0.1, -0.05) is 48.2 Å². The number of ketones is 1. The summed E-state index contributed by atoms with van der Waals surface area (Å²) in [4.78, 5) is 15.5. The molecule has 1 aliphatic rings. The van der Waals surface area contributed by atoms with Gasteiger partial charge in [-0.25, -0.2) is 0 Å². The minimum Gasteiger partial charge on any atom is -0.294 e. The molecule has 2 aromatic carbocycles. The van der Waals surface area contributed by atoms with Crippen LogP contribution in [0.4, 0.5) is 0 Å². The molecule has 126 valence electrons. The van der Waals surface area contributed by atoms with Crippen LogP contribution in [0.2, 0.25) is 0 Å². The van der Waals surface area contributed by atoms with Crippen LogP contribution in [0, 0.1) is 13.8 Å². The van der Waals surface area contributed by atoms with Gasteiger partial charge in [-0.05, 0) is 51.0 Å². The third-order valence-corrected chi connectivity index (χ3v) is 7.46. The van der Waals surface area contributed by atoms with E-state index in [-0.39, 0.29) is 16.1 Å². The molecule has 0 bridgehead atoms. The van der Waals surface area contributed by atoms with E-state index in [4.69, 9.17) is 0 Å². The molecule has 1 nitrogen and oxygen atoms in total.